The third kappa shape index (κ3) is 3.61. The molecule has 8 heteroatoms. The minimum Gasteiger partial charge on any atom is -0.493 e. The summed E-state index contributed by atoms with van der Waals surface area (Å²) in [6.45, 7) is 4.93. The van der Waals surface area contributed by atoms with Crippen LogP contribution in [-0.2, 0) is 6.54 Å². The summed E-state index contributed by atoms with van der Waals surface area (Å²) in [4.78, 5) is 14.2. The molecule has 0 spiro atoms. The van der Waals surface area contributed by atoms with Crippen LogP contribution in [-0.4, -0.2) is 45.0 Å². The minimum absolute atomic E-state index is 0.125. The molecule has 0 aromatic heterocycles. The van der Waals surface area contributed by atoms with Crippen molar-refractivity contribution in [2.45, 2.75) is 6.54 Å². The summed E-state index contributed by atoms with van der Waals surface area (Å²) < 4.78 is 16.4. The molecule has 0 unspecified atom stereocenters. The second-order valence-corrected chi connectivity index (χ2v) is 6.72. The highest BCUT2D eigenvalue weighted by molar-refractivity contribution is 5.55. The van der Waals surface area contributed by atoms with Crippen molar-refractivity contribution in [1.82, 2.24) is 0 Å². The first kappa shape index (κ1) is 17.4. The maximum atomic E-state index is 10.8. The number of non-ortho nitro benzene ring substituents is 1. The van der Waals surface area contributed by atoms with E-state index < -0.39 is 0 Å². The van der Waals surface area contributed by atoms with Gasteiger partial charge in [-0.3, -0.25) is 10.1 Å². The number of hydrogen-bond donors (Lipinski definition) is 1. The largest absolute Gasteiger partial charge is 0.493 e. The van der Waals surface area contributed by atoms with Crippen LogP contribution in [0.15, 0.2) is 36.4 Å². The van der Waals surface area contributed by atoms with Crippen LogP contribution in [0.1, 0.15) is 5.56 Å². The summed E-state index contributed by atoms with van der Waals surface area (Å²) in [5, 5.41) is 10.8. The number of nitrogens with one attached hydrogen (secondary N) is 1. The van der Waals surface area contributed by atoms with Gasteiger partial charge in [0.05, 0.1) is 38.2 Å². The molecule has 0 aliphatic carbocycles. The molecule has 2 aromatic rings. The van der Waals surface area contributed by atoms with Crippen LogP contribution >= 0.6 is 0 Å². The Labute approximate surface area is 157 Å². The van der Waals surface area contributed by atoms with E-state index in [0.29, 0.717) is 11.5 Å². The van der Waals surface area contributed by atoms with Crippen LogP contribution in [0, 0.1) is 10.1 Å². The van der Waals surface area contributed by atoms with Gasteiger partial charge in [-0.1, -0.05) is 0 Å². The molecule has 8 nitrogen and oxygen atoms in total. The third-order valence-corrected chi connectivity index (χ3v) is 5.07. The van der Waals surface area contributed by atoms with Crippen LogP contribution in [0.4, 0.5) is 11.4 Å². The van der Waals surface area contributed by atoms with Gasteiger partial charge in [-0.05, 0) is 24.3 Å². The van der Waals surface area contributed by atoms with E-state index in [2.05, 4.69) is 4.90 Å². The standard InChI is InChI=1S/C19H21N3O5/c1-25-17-10-14(11-18-19(17)27-13-26-18)12-20-6-8-21(9-7-20)15-2-4-16(5-3-15)22(23)24/h2-5,10-11H,6-9,12-13H2,1H3/p+1. The number of ether oxygens (including phenoxy) is 3. The van der Waals surface area contributed by atoms with Gasteiger partial charge < -0.3 is 24.0 Å². The van der Waals surface area contributed by atoms with E-state index in [1.807, 2.05) is 24.3 Å². The Hall–Kier alpha value is -3.00. The molecule has 2 aromatic carbocycles. The van der Waals surface area contributed by atoms with Crippen LogP contribution in [0.25, 0.3) is 0 Å². The fraction of sp³-hybridized carbons (Fsp3) is 0.368. The number of anilines is 1. The summed E-state index contributed by atoms with van der Waals surface area (Å²) in [7, 11) is 1.64. The predicted molar refractivity (Wildman–Crippen MR) is 98.8 cm³/mol. The highest BCUT2D eigenvalue weighted by Crippen LogP contribution is 2.41. The van der Waals surface area contributed by atoms with Crippen molar-refractivity contribution >= 4 is 11.4 Å². The first-order chi connectivity index (χ1) is 13.1. The van der Waals surface area contributed by atoms with E-state index in [1.165, 1.54) is 4.90 Å². The number of nitro groups is 1. The van der Waals surface area contributed by atoms with Crippen molar-refractivity contribution in [2.75, 3.05) is 45.0 Å². The molecule has 27 heavy (non-hydrogen) atoms. The Morgan fingerprint density at radius 1 is 1.19 bits per heavy atom. The lowest BCUT2D eigenvalue weighted by Crippen LogP contribution is -3.13. The Morgan fingerprint density at radius 2 is 1.93 bits per heavy atom. The monoisotopic (exact) mass is 372 g/mol. The molecule has 1 saturated heterocycles. The van der Waals surface area contributed by atoms with E-state index in [1.54, 1.807) is 19.2 Å². The quantitative estimate of drug-likeness (QED) is 0.628. The van der Waals surface area contributed by atoms with Gasteiger partial charge in [0, 0.05) is 23.4 Å². The van der Waals surface area contributed by atoms with Crippen molar-refractivity contribution in [3.8, 4) is 17.2 Å². The van der Waals surface area contributed by atoms with Gasteiger partial charge in [0.2, 0.25) is 12.5 Å². The van der Waals surface area contributed by atoms with Gasteiger partial charge in [-0.2, -0.15) is 0 Å². The van der Waals surface area contributed by atoms with Crippen LogP contribution in [0.2, 0.25) is 0 Å². The second-order valence-electron chi connectivity index (χ2n) is 6.72. The molecule has 2 aliphatic rings. The van der Waals surface area contributed by atoms with Gasteiger partial charge in [0.15, 0.2) is 11.5 Å². The fourth-order valence-electron chi connectivity index (χ4n) is 3.62. The molecule has 1 N–H and O–H groups in total. The van der Waals surface area contributed by atoms with E-state index >= 15 is 0 Å². The number of nitrogens with zero attached hydrogens (tertiary/aromatic N) is 2. The fourth-order valence-corrected chi connectivity index (χ4v) is 3.62. The van der Waals surface area contributed by atoms with E-state index in [4.69, 9.17) is 14.2 Å². The topological polar surface area (TPSA) is 78.5 Å². The Bertz CT molecular complexity index is 832. The van der Waals surface area contributed by atoms with E-state index in [-0.39, 0.29) is 17.4 Å². The first-order valence-electron chi connectivity index (χ1n) is 8.93. The maximum absolute atomic E-state index is 10.8. The lowest BCUT2D eigenvalue weighted by Gasteiger charge is -2.33. The molecular formula is C19H22N3O5+. The SMILES string of the molecule is COc1cc(C[NH+]2CCN(c3ccc([N+](=O)[O-])cc3)CC2)cc2c1OCO2. The number of hydrogen-bond acceptors (Lipinski definition) is 6. The van der Waals surface area contributed by atoms with Crippen LogP contribution in [0.3, 0.4) is 0 Å². The second kappa shape index (κ2) is 7.32. The Balaban J connectivity index is 1.38. The van der Waals surface area contributed by atoms with Gasteiger partial charge in [0.25, 0.3) is 5.69 Å². The smallest absolute Gasteiger partial charge is 0.269 e. The first-order valence-corrected chi connectivity index (χ1v) is 8.93. The number of rotatable bonds is 5. The number of nitro benzene ring substituents is 1. The molecule has 4 rings (SSSR count). The number of fused-ring (bicyclic) bond motifs is 1. The van der Waals surface area contributed by atoms with Gasteiger partial charge in [-0.15, -0.1) is 0 Å². The number of methoxy groups -OCH3 is 1. The van der Waals surface area contributed by atoms with E-state index in [0.717, 1.165) is 49.7 Å². The van der Waals surface area contributed by atoms with Gasteiger partial charge in [-0.25, -0.2) is 0 Å². The average Bonchev–Trinajstić information content (AvgIpc) is 3.16. The van der Waals surface area contributed by atoms with Gasteiger partial charge in [0.1, 0.15) is 6.54 Å². The maximum Gasteiger partial charge on any atom is 0.269 e. The van der Waals surface area contributed by atoms with Crippen LogP contribution in [0.5, 0.6) is 17.2 Å². The lowest BCUT2D eigenvalue weighted by molar-refractivity contribution is -0.914. The van der Waals surface area contributed by atoms with Crippen LogP contribution < -0.4 is 24.0 Å². The molecule has 0 saturated carbocycles. The zero-order valence-corrected chi connectivity index (χ0v) is 15.1. The summed E-state index contributed by atoms with van der Waals surface area (Å²) in [6, 6.07) is 10.8. The highest BCUT2D eigenvalue weighted by Gasteiger charge is 2.24. The zero-order valence-electron chi connectivity index (χ0n) is 15.1. The summed E-state index contributed by atoms with van der Waals surface area (Å²) >= 11 is 0. The molecule has 0 amide bonds. The van der Waals surface area contributed by atoms with Gasteiger partial charge >= 0.3 is 0 Å². The summed E-state index contributed by atoms with van der Waals surface area (Å²) in [5.74, 6) is 2.14. The summed E-state index contributed by atoms with van der Waals surface area (Å²) in [5.41, 5.74) is 2.32. The average molecular weight is 372 g/mol. The lowest BCUT2D eigenvalue weighted by atomic mass is 10.1. The van der Waals surface area contributed by atoms with Crippen molar-refractivity contribution in [3.63, 3.8) is 0 Å². The van der Waals surface area contributed by atoms with Crippen molar-refractivity contribution in [3.05, 3.63) is 52.1 Å². The Kier molecular flexibility index (Phi) is 4.72. The molecule has 0 atom stereocenters. The van der Waals surface area contributed by atoms with E-state index in [9.17, 15) is 10.1 Å². The molecule has 1 fully saturated rings. The molecule has 0 radical (unpaired) electrons. The predicted octanol–water partition coefficient (Wildman–Crippen LogP) is 1.24. The van der Waals surface area contributed by atoms with Crippen molar-refractivity contribution in [1.29, 1.82) is 0 Å². The zero-order chi connectivity index (χ0) is 18.8. The number of quaternary nitrogens is 1. The number of benzene rings is 2. The van der Waals surface area contributed by atoms with Crippen molar-refractivity contribution in [2.24, 2.45) is 0 Å². The third-order valence-electron chi connectivity index (χ3n) is 5.07. The Morgan fingerprint density at radius 3 is 2.59 bits per heavy atom. The molecular weight excluding hydrogens is 350 g/mol. The van der Waals surface area contributed by atoms with Crippen molar-refractivity contribution < 1.29 is 24.0 Å². The minimum atomic E-state index is -0.370. The summed E-state index contributed by atoms with van der Waals surface area (Å²) in [6.07, 6.45) is 0. The highest BCUT2D eigenvalue weighted by atomic mass is 16.7. The molecule has 2 aliphatic heterocycles. The molecule has 2 heterocycles. The molecule has 0 bridgehead atoms. The molecule has 142 valence electrons. The normalized spacial score (nSPS) is 16.4. The number of piperazine rings is 1.